The van der Waals surface area contributed by atoms with Crippen LogP contribution < -0.4 is 0 Å². The van der Waals surface area contributed by atoms with Gasteiger partial charge in [0, 0.05) is 38.2 Å². The molecule has 4 heterocycles. The van der Waals surface area contributed by atoms with Crippen LogP contribution in [-0.4, -0.2) is 72.9 Å². The van der Waals surface area contributed by atoms with Crippen molar-refractivity contribution in [2.24, 2.45) is 5.92 Å². The Balaban J connectivity index is 1.24. The second kappa shape index (κ2) is 10.4. The molecule has 0 atom stereocenters. The molecule has 2 aromatic rings. The summed E-state index contributed by atoms with van der Waals surface area (Å²) in [6.45, 7) is 5.24. The Morgan fingerprint density at radius 3 is 2.51 bits per heavy atom. The second-order valence-electron chi connectivity index (χ2n) is 9.67. The fraction of sp³-hybridized carbons (Fsp3) is 0.583. The van der Waals surface area contributed by atoms with Crippen molar-refractivity contribution in [3.8, 4) is 0 Å². The van der Waals surface area contributed by atoms with E-state index in [1.165, 1.54) is 54.9 Å². The van der Waals surface area contributed by atoms with Crippen molar-refractivity contribution in [3.63, 3.8) is 0 Å². The van der Waals surface area contributed by atoms with Crippen LogP contribution in [0.2, 0.25) is 10.0 Å². The second-order valence-corrected chi connectivity index (χ2v) is 12.4. The number of fused-ring (bicyclic) bond motifs is 1. The molecule has 1 aromatic heterocycles. The number of carbonyl (C=O) groups excluding carboxylic acids is 1. The number of halogens is 2. The Bertz CT molecular complexity index is 1190. The van der Waals surface area contributed by atoms with Gasteiger partial charge in [-0.05, 0) is 75.9 Å². The highest BCUT2D eigenvalue weighted by atomic mass is 35.5. The van der Waals surface area contributed by atoms with Gasteiger partial charge in [-0.25, -0.2) is 8.42 Å². The first-order chi connectivity index (χ1) is 16.8. The molecule has 2 saturated heterocycles. The lowest BCUT2D eigenvalue weighted by molar-refractivity contribution is 0.0670. The summed E-state index contributed by atoms with van der Waals surface area (Å²) >= 11 is 12.0. The Morgan fingerprint density at radius 1 is 1.06 bits per heavy atom. The lowest BCUT2D eigenvalue weighted by Crippen LogP contribution is -2.40. The highest BCUT2D eigenvalue weighted by Gasteiger charge is 2.36. The zero-order chi connectivity index (χ0) is 24.6. The molecule has 1 amide bonds. The van der Waals surface area contributed by atoms with Crippen molar-refractivity contribution in [2.45, 2.75) is 50.0 Å². The molecule has 0 unspecified atom stereocenters. The summed E-state index contributed by atoms with van der Waals surface area (Å²) in [5, 5.41) is 4.53. The Morgan fingerprint density at radius 2 is 1.80 bits per heavy atom. The predicted molar refractivity (Wildman–Crippen MR) is 133 cm³/mol. The standard InChI is InChI=1S/C24H30Cl2N4O4S/c25-20-4-3-18(15-21(20)26)35(32,33)30-14-8-22-19(16-30)23(27-34-22)24(31)29-12-6-17(7-13-29)5-11-28-9-1-2-10-28/h3-4,15,17H,1-2,5-14,16H2. The van der Waals surface area contributed by atoms with E-state index in [0.29, 0.717) is 41.8 Å². The van der Waals surface area contributed by atoms with Crippen LogP contribution in [0.25, 0.3) is 0 Å². The number of carbonyl (C=O) groups is 1. The van der Waals surface area contributed by atoms with Crippen molar-refractivity contribution >= 4 is 39.1 Å². The fourth-order valence-corrected chi connectivity index (χ4v) is 7.09. The van der Waals surface area contributed by atoms with Crippen LogP contribution in [0.15, 0.2) is 27.6 Å². The molecule has 0 spiro atoms. The van der Waals surface area contributed by atoms with Gasteiger partial charge in [-0.15, -0.1) is 0 Å². The molecule has 8 nitrogen and oxygen atoms in total. The van der Waals surface area contributed by atoms with Crippen LogP contribution in [0, 0.1) is 5.92 Å². The van der Waals surface area contributed by atoms with Gasteiger partial charge >= 0.3 is 0 Å². The molecule has 0 bridgehead atoms. The maximum Gasteiger partial charge on any atom is 0.276 e. The number of hydrogen-bond acceptors (Lipinski definition) is 6. The van der Waals surface area contributed by atoms with E-state index >= 15 is 0 Å². The molecule has 0 N–H and O–H groups in total. The molecule has 35 heavy (non-hydrogen) atoms. The number of hydrogen-bond donors (Lipinski definition) is 0. The Kier molecular flexibility index (Phi) is 7.42. The smallest absolute Gasteiger partial charge is 0.276 e. The van der Waals surface area contributed by atoms with Crippen molar-refractivity contribution in [1.82, 2.24) is 19.3 Å². The molecular weight excluding hydrogens is 511 g/mol. The lowest BCUT2D eigenvalue weighted by atomic mass is 9.93. The minimum absolute atomic E-state index is 0.0365. The Hall–Kier alpha value is -1.65. The molecule has 0 saturated carbocycles. The zero-order valence-electron chi connectivity index (χ0n) is 19.6. The van der Waals surface area contributed by atoms with Gasteiger partial charge in [0.25, 0.3) is 5.91 Å². The summed E-state index contributed by atoms with van der Waals surface area (Å²) in [6, 6.07) is 4.25. The van der Waals surface area contributed by atoms with E-state index in [-0.39, 0.29) is 34.6 Å². The van der Waals surface area contributed by atoms with Gasteiger partial charge in [0.2, 0.25) is 10.0 Å². The van der Waals surface area contributed by atoms with E-state index in [4.69, 9.17) is 27.7 Å². The van der Waals surface area contributed by atoms with Gasteiger partial charge in [0.05, 0.1) is 14.9 Å². The van der Waals surface area contributed by atoms with Gasteiger partial charge < -0.3 is 14.3 Å². The third-order valence-corrected chi connectivity index (χ3v) is 10.1. The van der Waals surface area contributed by atoms with Crippen LogP contribution in [0.1, 0.15) is 53.9 Å². The summed E-state index contributed by atoms with van der Waals surface area (Å²) in [5.74, 6) is 1.04. The highest BCUT2D eigenvalue weighted by molar-refractivity contribution is 7.89. The molecule has 3 aliphatic heterocycles. The van der Waals surface area contributed by atoms with Gasteiger partial charge in [-0.3, -0.25) is 4.79 Å². The predicted octanol–water partition coefficient (Wildman–Crippen LogP) is 4.07. The monoisotopic (exact) mass is 540 g/mol. The van der Waals surface area contributed by atoms with Crippen molar-refractivity contribution < 1.29 is 17.7 Å². The molecule has 3 aliphatic rings. The topological polar surface area (TPSA) is 87.0 Å². The van der Waals surface area contributed by atoms with E-state index in [0.717, 1.165) is 19.4 Å². The molecule has 11 heteroatoms. The quantitative estimate of drug-likeness (QED) is 0.548. The largest absolute Gasteiger partial charge is 0.360 e. The maximum absolute atomic E-state index is 13.3. The lowest BCUT2D eigenvalue weighted by Gasteiger charge is -2.32. The molecule has 2 fully saturated rings. The van der Waals surface area contributed by atoms with Crippen LogP contribution in [0.5, 0.6) is 0 Å². The first-order valence-corrected chi connectivity index (χ1v) is 14.5. The number of sulfonamides is 1. The third-order valence-electron chi connectivity index (χ3n) is 7.48. The van der Waals surface area contributed by atoms with E-state index in [1.54, 1.807) is 0 Å². The average molecular weight is 542 g/mol. The van der Waals surface area contributed by atoms with E-state index < -0.39 is 10.0 Å². The molecule has 0 radical (unpaired) electrons. The molecule has 5 rings (SSSR count). The first-order valence-electron chi connectivity index (χ1n) is 12.3. The third kappa shape index (κ3) is 5.25. The SMILES string of the molecule is O=C(c1noc2c1CN(S(=O)(=O)c1ccc(Cl)c(Cl)c1)CC2)N1CCC(CCN2CCCC2)CC1. The number of nitrogens with zero attached hydrogens (tertiary/aromatic N) is 4. The first kappa shape index (κ1) is 25.0. The number of likely N-dealkylation sites (tertiary alicyclic amines) is 2. The fourth-order valence-electron chi connectivity index (χ4n) is 5.29. The molecular formula is C24H30Cl2N4O4S. The van der Waals surface area contributed by atoms with E-state index in [1.807, 2.05) is 4.90 Å². The van der Waals surface area contributed by atoms with Gasteiger partial charge in [0.15, 0.2) is 5.69 Å². The van der Waals surface area contributed by atoms with Crippen LogP contribution in [0.4, 0.5) is 0 Å². The molecule has 0 aliphatic carbocycles. The van der Waals surface area contributed by atoms with Gasteiger partial charge in [0.1, 0.15) is 5.76 Å². The Labute approximate surface area is 216 Å². The van der Waals surface area contributed by atoms with Crippen molar-refractivity contribution in [3.05, 3.63) is 45.3 Å². The summed E-state index contributed by atoms with van der Waals surface area (Å²) in [4.78, 5) is 17.7. The number of rotatable bonds is 6. The van der Waals surface area contributed by atoms with Gasteiger partial charge in [-0.1, -0.05) is 28.4 Å². The number of benzene rings is 1. The highest BCUT2D eigenvalue weighted by Crippen LogP contribution is 2.31. The maximum atomic E-state index is 13.3. The molecule has 190 valence electrons. The minimum atomic E-state index is -3.82. The number of aromatic nitrogens is 1. The van der Waals surface area contributed by atoms with Crippen LogP contribution >= 0.6 is 23.2 Å². The summed E-state index contributed by atoms with van der Waals surface area (Å²) in [5.41, 5.74) is 0.783. The van der Waals surface area contributed by atoms with Crippen molar-refractivity contribution in [2.75, 3.05) is 39.3 Å². The summed E-state index contributed by atoms with van der Waals surface area (Å²) in [7, 11) is -3.82. The summed E-state index contributed by atoms with van der Waals surface area (Å²) in [6.07, 6.45) is 6.12. The number of amides is 1. The van der Waals surface area contributed by atoms with E-state index in [2.05, 4.69) is 10.1 Å². The van der Waals surface area contributed by atoms with E-state index in [9.17, 15) is 13.2 Å². The van der Waals surface area contributed by atoms with Gasteiger partial charge in [-0.2, -0.15) is 4.31 Å². The zero-order valence-corrected chi connectivity index (χ0v) is 21.9. The average Bonchev–Trinajstić information content (AvgIpc) is 3.54. The van der Waals surface area contributed by atoms with Crippen LogP contribution in [0.3, 0.4) is 0 Å². The normalized spacial score (nSPS) is 20.3. The molecule has 1 aromatic carbocycles. The summed E-state index contributed by atoms with van der Waals surface area (Å²) < 4.78 is 33.3. The van der Waals surface area contributed by atoms with Crippen molar-refractivity contribution in [1.29, 1.82) is 0 Å². The minimum Gasteiger partial charge on any atom is -0.360 e. The van der Waals surface area contributed by atoms with Crippen LogP contribution in [-0.2, 0) is 23.0 Å². The number of piperidine rings is 1.